The molecule has 2 rings (SSSR count). The molecule has 0 bridgehead atoms. The number of fused-ring (bicyclic) bond motifs is 1. The summed E-state index contributed by atoms with van der Waals surface area (Å²) in [7, 11) is 1.58. The van der Waals surface area contributed by atoms with E-state index >= 15 is 0 Å². The summed E-state index contributed by atoms with van der Waals surface area (Å²) in [4.78, 5) is 0. The quantitative estimate of drug-likeness (QED) is 0.845. The third-order valence-electron chi connectivity index (χ3n) is 2.57. The number of rotatable bonds is 2. The van der Waals surface area contributed by atoms with E-state index in [2.05, 4.69) is 0 Å². The summed E-state index contributed by atoms with van der Waals surface area (Å²) in [5.74, 6) is 1.36. The van der Waals surface area contributed by atoms with Crippen molar-refractivity contribution in [2.24, 2.45) is 0 Å². The predicted molar refractivity (Wildman–Crippen MR) is 57.8 cm³/mol. The van der Waals surface area contributed by atoms with Crippen LogP contribution in [-0.2, 0) is 6.42 Å². The zero-order valence-electron chi connectivity index (χ0n) is 8.71. The van der Waals surface area contributed by atoms with Gasteiger partial charge < -0.3 is 14.6 Å². The SMILES string of the molecule is COc1cc(C(C)O)c(Cl)c2c1OCC2. The third kappa shape index (κ3) is 1.66. The Balaban J connectivity index is 2.61. The van der Waals surface area contributed by atoms with Gasteiger partial charge in [0.2, 0.25) is 0 Å². The number of aliphatic hydroxyl groups excluding tert-OH is 1. The average Bonchev–Trinajstić information content (AvgIpc) is 2.67. The molecule has 0 saturated heterocycles. The van der Waals surface area contributed by atoms with E-state index in [9.17, 15) is 5.11 Å². The molecular formula is C11H13ClO3. The zero-order valence-corrected chi connectivity index (χ0v) is 9.47. The molecule has 0 spiro atoms. The van der Waals surface area contributed by atoms with Crippen LogP contribution in [0.3, 0.4) is 0 Å². The highest BCUT2D eigenvalue weighted by Gasteiger charge is 2.24. The van der Waals surface area contributed by atoms with Crippen molar-refractivity contribution in [2.75, 3.05) is 13.7 Å². The van der Waals surface area contributed by atoms with Crippen molar-refractivity contribution < 1.29 is 14.6 Å². The van der Waals surface area contributed by atoms with Gasteiger partial charge in [-0.1, -0.05) is 11.6 Å². The molecule has 1 unspecified atom stereocenters. The number of ether oxygens (including phenoxy) is 2. The fraction of sp³-hybridized carbons (Fsp3) is 0.455. The van der Waals surface area contributed by atoms with Crippen LogP contribution < -0.4 is 9.47 Å². The fourth-order valence-corrected chi connectivity index (χ4v) is 2.18. The minimum Gasteiger partial charge on any atom is -0.493 e. The first-order valence-electron chi connectivity index (χ1n) is 4.85. The lowest BCUT2D eigenvalue weighted by atomic mass is 10.0. The maximum atomic E-state index is 9.57. The van der Waals surface area contributed by atoms with Crippen LogP contribution in [-0.4, -0.2) is 18.8 Å². The van der Waals surface area contributed by atoms with Crippen molar-refractivity contribution in [1.29, 1.82) is 0 Å². The van der Waals surface area contributed by atoms with Crippen molar-refractivity contribution in [3.05, 3.63) is 22.2 Å². The molecule has 0 radical (unpaired) electrons. The van der Waals surface area contributed by atoms with Crippen LogP contribution in [0.4, 0.5) is 0 Å². The van der Waals surface area contributed by atoms with E-state index in [0.717, 1.165) is 12.0 Å². The van der Waals surface area contributed by atoms with Crippen LogP contribution >= 0.6 is 11.6 Å². The third-order valence-corrected chi connectivity index (χ3v) is 3.02. The Kier molecular flexibility index (Phi) is 2.76. The molecule has 0 aromatic heterocycles. The highest BCUT2D eigenvalue weighted by Crippen LogP contribution is 2.43. The second-order valence-corrected chi connectivity index (χ2v) is 3.94. The first kappa shape index (κ1) is 10.6. The number of aliphatic hydroxyl groups is 1. The van der Waals surface area contributed by atoms with Crippen molar-refractivity contribution in [1.82, 2.24) is 0 Å². The van der Waals surface area contributed by atoms with Gasteiger partial charge in [-0.05, 0) is 13.0 Å². The van der Waals surface area contributed by atoms with Crippen molar-refractivity contribution in [2.45, 2.75) is 19.4 Å². The molecule has 15 heavy (non-hydrogen) atoms. The second-order valence-electron chi connectivity index (χ2n) is 3.56. The van der Waals surface area contributed by atoms with Gasteiger partial charge in [0.05, 0.1) is 24.8 Å². The monoisotopic (exact) mass is 228 g/mol. The summed E-state index contributed by atoms with van der Waals surface area (Å²) in [5, 5.41) is 10.2. The Hall–Kier alpha value is -0.930. The lowest BCUT2D eigenvalue weighted by Crippen LogP contribution is -1.97. The molecule has 0 saturated carbocycles. The molecule has 4 heteroatoms. The molecule has 1 atom stereocenters. The minimum absolute atomic E-state index is 0.596. The summed E-state index contributed by atoms with van der Waals surface area (Å²) in [5.41, 5.74) is 1.63. The van der Waals surface area contributed by atoms with Crippen LogP contribution in [0, 0.1) is 0 Å². The van der Waals surface area contributed by atoms with Gasteiger partial charge in [-0.15, -0.1) is 0 Å². The molecule has 0 fully saturated rings. The number of halogens is 1. The van der Waals surface area contributed by atoms with Crippen LogP contribution in [0.1, 0.15) is 24.2 Å². The van der Waals surface area contributed by atoms with Crippen molar-refractivity contribution in [3.63, 3.8) is 0 Å². The fourth-order valence-electron chi connectivity index (χ4n) is 1.79. The van der Waals surface area contributed by atoms with Crippen LogP contribution in [0.25, 0.3) is 0 Å². The lowest BCUT2D eigenvalue weighted by Gasteiger charge is -2.14. The minimum atomic E-state index is -0.600. The Morgan fingerprint density at radius 1 is 1.60 bits per heavy atom. The molecule has 82 valence electrons. The van der Waals surface area contributed by atoms with Gasteiger partial charge in [0, 0.05) is 17.5 Å². The molecule has 1 N–H and O–H groups in total. The van der Waals surface area contributed by atoms with E-state index in [-0.39, 0.29) is 0 Å². The highest BCUT2D eigenvalue weighted by molar-refractivity contribution is 6.32. The van der Waals surface area contributed by atoms with Gasteiger partial charge in [-0.25, -0.2) is 0 Å². The maximum absolute atomic E-state index is 9.57. The summed E-state index contributed by atoms with van der Waals surface area (Å²) in [6.07, 6.45) is 0.169. The second kappa shape index (κ2) is 3.91. The van der Waals surface area contributed by atoms with Gasteiger partial charge >= 0.3 is 0 Å². The van der Waals surface area contributed by atoms with Crippen LogP contribution in [0.15, 0.2) is 6.07 Å². The molecule has 1 aliphatic heterocycles. The number of benzene rings is 1. The molecule has 1 aromatic carbocycles. The number of methoxy groups -OCH3 is 1. The van der Waals surface area contributed by atoms with E-state index in [1.807, 2.05) is 0 Å². The maximum Gasteiger partial charge on any atom is 0.165 e. The number of hydrogen-bond acceptors (Lipinski definition) is 3. The van der Waals surface area contributed by atoms with Crippen molar-refractivity contribution in [3.8, 4) is 11.5 Å². The lowest BCUT2D eigenvalue weighted by molar-refractivity contribution is 0.198. The Bertz CT molecular complexity index is 388. The Morgan fingerprint density at radius 3 is 2.93 bits per heavy atom. The zero-order chi connectivity index (χ0) is 11.0. The highest BCUT2D eigenvalue weighted by atomic mass is 35.5. The smallest absolute Gasteiger partial charge is 0.165 e. The first-order chi connectivity index (χ1) is 7.15. The summed E-state index contributed by atoms with van der Waals surface area (Å²) >= 11 is 6.18. The summed E-state index contributed by atoms with van der Waals surface area (Å²) in [6.45, 7) is 2.30. The molecule has 0 amide bonds. The molecule has 3 nitrogen and oxygen atoms in total. The van der Waals surface area contributed by atoms with Crippen molar-refractivity contribution >= 4 is 11.6 Å². The normalized spacial score (nSPS) is 15.7. The largest absolute Gasteiger partial charge is 0.493 e. The van der Waals surface area contributed by atoms with Gasteiger partial charge in [-0.2, -0.15) is 0 Å². The van der Waals surface area contributed by atoms with E-state index in [0.29, 0.717) is 28.7 Å². The van der Waals surface area contributed by atoms with Crippen LogP contribution in [0.2, 0.25) is 5.02 Å². The molecular weight excluding hydrogens is 216 g/mol. The van der Waals surface area contributed by atoms with E-state index in [4.69, 9.17) is 21.1 Å². The summed E-state index contributed by atoms with van der Waals surface area (Å²) < 4.78 is 10.7. The van der Waals surface area contributed by atoms with E-state index in [1.54, 1.807) is 20.1 Å². The Labute approximate surface area is 93.6 Å². The molecule has 1 aliphatic rings. The molecule has 1 aromatic rings. The molecule has 1 heterocycles. The van der Waals surface area contributed by atoms with Gasteiger partial charge in [-0.3, -0.25) is 0 Å². The number of hydrogen-bond donors (Lipinski definition) is 1. The summed E-state index contributed by atoms with van der Waals surface area (Å²) in [6, 6.07) is 1.73. The average molecular weight is 229 g/mol. The standard InChI is InChI=1S/C11H13ClO3/c1-6(13)8-5-9(14-2)11-7(10(8)12)3-4-15-11/h5-6,13H,3-4H2,1-2H3. The van der Waals surface area contributed by atoms with Gasteiger partial charge in [0.25, 0.3) is 0 Å². The van der Waals surface area contributed by atoms with Gasteiger partial charge in [0.1, 0.15) is 0 Å². The first-order valence-corrected chi connectivity index (χ1v) is 5.23. The molecule has 0 aliphatic carbocycles. The van der Waals surface area contributed by atoms with Crippen LogP contribution in [0.5, 0.6) is 11.5 Å². The van der Waals surface area contributed by atoms with E-state index < -0.39 is 6.10 Å². The Morgan fingerprint density at radius 2 is 2.33 bits per heavy atom. The topological polar surface area (TPSA) is 38.7 Å². The predicted octanol–water partition coefficient (Wildman–Crippen LogP) is 2.34. The van der Waals surface area contributed by atoms with E-state index in [1.165, 1.54) is 0 Å². The van der Waals surface area contributed by atoms with Gasteiger partial charge in [0.15, 0.2) is 11.5 Å².